The van der Waals surface area contributed by atoms with Crippen LogP contribution in [0.4, 0.5) is 16.2 Å². The molecule has 2 heterocycles. The number of hydrogen-bond donors (Lipinski definition) is 2. The summed E-state index contributed by atoms with van der Waals surface area (Å²) in [7, 11) is 3.06. The number of nitrogens with zero attached hydrogens (tertiary/aromatic N) is 2. The van der Waals surface area contributed by atoms with Crippen LogP contribution in [0.1, 0.15) is 18.4 Å². The van der Waals surface area contributed by atoms with Gasteiger partial charge in [-0.1, -0.05) is 18.2 Å². The van der Waals surface area contributed by atoms with Gasteiger partial charge in [0.15, 0.2) is 0 Å². The van der Waals surface area contributed by atoms with Crippen LogP contribution in [0.3, 0.4) is 0 Å². The minimum Gasteiger partial charge on any atom is -0.496 e. The maximum Gasteiger partial charge on any atom is 0.325 e. The predicted octanol–water partition coefficient (Wildman–Crippen LogP) is 2.98. The molecule has 0 aliphatic carbocycles. The topological polar surface area (TPSA) is 109 Å². The Hall–Kier alpha value is -3.06. The summed E-state index contributed by atoms with van der Waals surface area (Å²) >= 11 is 2.11. The molecule has 2 N–H and O–H groups in total. The Balaban J connectivity index is 1.46. The number of carbonyl (C=O) groups is 3. The van der Waals surface area contributed by atoms with Crippen LogP contribution in [-0.4, -0.2) is 69.3 Å². The van der Waals surface area contributed by atoms with Crippen molar-refractivity contribution in [3.63, 3.8) is 0 Å². The van der Waals surface area contributed by atoms with Crippen LogP contribution in [0.5, 0.6) is 11.5 Å². The molecule has 0 saturated carbocycles. The Morgan fingerprint density at radius 1 is 1.11 bits per heavy atom. The zero-order valence-electron chi connectivity index (χ0n) is 20.2. The molecule has 0 radical (unpaired) electrons. The first kappa shape index (κ1) is 26.0. The normalized spacial score (nSPS) is 17.0. The summed E-state index contributed by atoms with van der Waals surface area (Å²) in [4.78, 5) is 41.8. The Kier molecular flexibility index (Phi) is 8.52. The predicted molar refractivity (Wildman–Crippen MR) is 142 cm³/mol. The lowest BCUT2D eigenvalue weighted by molar-refractivity contribution is -0.122. The van der Waals surface area contributed by atoms with Crippen molar-refractivity contribution < 1.29 is 28.6 Å². The number of ether oxygens (including phenoxy) is 3. The van der Waals surface area contributed by atoms with E-state index in [4.69, 9.17) is 14.2 Å². The van der Waals surface area contributed by atoms with Gasteiger partial charge in [0.1, 0.15) is 24.6 Å². The lowest BCUT2D eigenvalue weighted by Gasteiger charge is -2.36. The molecule has 0 spiro atoms. The van der Waals surface area contributed by atoms with Crippen LogP contribution in [0.25, 0.3) is 0 Å². The van der Waals surface area contributed by atoms with Gasteiger partial charge in [0.05, 0.1) is 41.8 Å². The van der Waals surface area contributed by atoms with E-state index in [1.807, 2.05) is 18.2 Å². The number of anilines is 2. The molecule has 36 heavy (non-hydrogen) atoms. The highest BCUT2D eigenvalue weighted by atomic mass is 127. The molecule has 1 unspecified atom stereocenters. The second-order valence-corrected chi connectivity index (χ2v) is 9.69. The van der Waals surface area contributed by atoms with Crippen molar-refractivity contribution in [3.05, 3.63) is 45.5 Å². The van der Waals surface area contributed by atoms with Crippen molar-refractivity contribution in [2.45, 2.75) is 25.5 Å². The Morgan fingerprint density at radius 3 is 2.61 bits per heavy atom. The maximum atomic E-state index is 13.4. The number of urea groups is 1. The number of fused-ring (bicyclic) bond motifs is 1. The van der Waals surface area contributed by atoms with E-state index in [0.717, 1.165) is 22.0 Å². The van der Waals surface area contributed by atoms with Gasteiger partial charge in [-0.25, -0.2) is 4.79 Å². The van der Waals surface area contributed by atoms with Gasteiger partial charge in [0, 0.05) is 19.2 Å². The smallest absolute Gasteiger partial charge is 0.325 e. The molecule has 2 aromatic rings. The van der Waals surface area contributed by atoms with Crippen LogP contribution in [0, 0.1) is 3.57 Å². The molecule has 1 fully saturated rings. The van der Waals surface area contributed by atoms with Gasteiger partial charge in [0.2, 0.25) is 11.8 Å². The molecule has 10 nitrogen and oxygen atoms in total. The third-order valence-corrected chi connectivity index (χ3v) is 6.92. The van der Waals surface area contributed by atoms with Crippen molar-refractivity contribution in [1.29, 1.82) is 0 Å². The zero-order chi connectivity index (χ0) is 25.7. The molecule has 0 aromatic heterocycles. The van der Waals surface area contributed by atoms with E-state index in [2.05, 4.69) is 33.2 Å². The van der Waals surface area contributed by atoms with Crippen molar-refractivity contribution in [2.24, 2.45) is 0 Å². The molecule has 2 aliphatic rings. The molecular formula is C25H29IN4O6. The van der Waals surface area contributed by atoms with E-state index < -0.39 is 11.9 Å². The minimum absolute atomic E-state index is 0.0185. The third kappa shape index (κ3) is 6.01. The lowest BCUT2D eigenvalue weighted by atomic mass is 10.1. The number of benzene rings is 2. The number of methoxy groups -OCH3 is 2. The highest BCUT2D eigenvalue weighted by molar-refractivity contribution is 14.1. The van der Waals surface area contributed by atoms with Gasteiger partial charge >= 0.3 is 6.03 Å². The number of amides is 4. The molecule has 2 aromatic carbocycles. The maximum absolute atomic E-state index is 13.4. The molecule has 0 bridgehead atoms. The fourth-order valence-corrected chi connectivity index (χ4v) is 4.97. The number of hydrogen-bond acceptors (Lipinski definition) is 6. The SMILES string of the molecule is COc1cc(OC)c(NC(=O)CN2C(=O)N(CC(=O)NCC3CCCO3)Cc3ccccc32)cc1I. The summed E-state index contributed by atoms with van der Waals surface area (Å²) < 4.78 is 17.0. The first-order chi connectivity index (χ1) is 17.4. The molecular weight excluding hydrogens is 579 g/mol. The highest BCUT2D eigenvalue weighted by Gasteiger charge is 2.33. The van der Waals surface area contributed by atoms with Crippen LogP contribution < -0.4 is 25.0 Å². The summed E-state index contributed by atoms with van der Waals surface area (Å²) in [5, 5.41) is 5.68. The summed E-state index contributed by atoms with van der Waals surface area (Å²) in [6, 6.07) is 10.4. The first-order valence-electron chi connectivity index (χ1n) is 11.6. The monoisotopic (exact) mass is 608 g/mol. The summed E-state index contributed by atoms with van der Waals surface area (Å²) in [6.07, 6.45) is 1.92. The van der Waals surface area contributed by atoms with Gasteiger partial charge in [-0.15, -0.1) is 0 Å². The molecule has 2 aliphatic heterocycles. The minimum atomic E-state index is -0.410. The average Bonchev–Trinajstić information content (AvgIpc) is 3.39. The zero-order valence-corrected chi connectivity index (χ0v) is 22.4. The van der Waals surface area contributed by atoms with Crippen LogP contribution in [0.2, 0.25) is 0 Å². The largest absolute Gasteiger partial charge is 0.496 e. The standard InChI is InChI=1S/C25H29IN4O6/c1-34-21-11-22(35-2)19(10-18(21)26)28-24(32)15-30-20-8-4-3-6-16(20)13-29(25(30)33)14-23(31)27-12-17-7-5-9-36-17/h3-4,6,8,10-11,17H,5,7,9,12-15H2,1-2H3,(H,27,31)(H,28,32). The quantitative estimate of drug-likeness (QED) is 0.424. The van der Waals surface area contributed by atoms with Gasteiger partial charge < -0.3 is 29.7 Å². The van der Waals surface area contributed by atoms with Gasteiger partial charge in [-0.3, -0.25) is 14.5 Å². The number of carbonyl (C=O) groups excluding carboxylic acids is 3. The fraction of sp³-hybridized carbons (Fsp3) is 0.400. The van der Waals surface area contributed by atoms with Crippen LogP contribution in [-0.2, 0) is 20.9 Å². The lowest BCUT2D eigenvalue weighted by Crippen LogP contribution is -2.52. The molecule has 1 saturated heterocycles. The van der Waals surface area contributed by atoms with E-state index in [-0.39, 0.29) is 31.6 Å². The highest BCUT2D eigenvalue weighted by Crippen LogP contribution is 2.34. The Morgan fingerprint density at radius 2 is 1.89 bits per heavy atom. The summed E-state index contributed by atoms with van der Waals surface area (Å²) in [5.74, 6) is 0.400. The van der Waals surface area contributed by atoms with Gasteiger partial charge in [-0.05, 0) is 53.1 Å². The van der Waals surface area contributed by atoms with E-state index in [1.54, 1.807) is 25.3 Å². The van der Waals surface area contributed by atoms with E-state index >= 15 is 0 Å². The first-order valence-corrected chi connectivity index (χ1v) is 12.7. The van der Waals surface area contributed by atoms with Crippen LogP contribution in [0.15, 0.2) is 36.4 Å². The Labute approximate surface area is 223 Å². The number of halogens is 1. The van der Waals surface area contributed by atoms with E-state index in [0.29, 0.717) is 36.0 Å². The van der Waals surface area contributed by atoms with Gasteiger partial charge in [-0.2, -0.15) is 0 Å². The Bertz CT molecular complexity index is 1140. The summed E-state index contributed by atoms with van der Waals surface area (Å²) in [6.45, 7) is 1.08. The molecule has 4 rings (SSSR count). The number of para-hydroxylation sites is 1. The summed E-state index contributed by atoms with van der Waals surface area (Å²) in [5.41, 5.74) is 1.97. The van der Waals surface area contributed by atoms with Crippen LogP contribution >= 0.6 is 22.6 Å². The van der Waals surface area contributed by atoms with Crippen molar-refractivity contribution >= 4 is 51.8 Å². The molecule has 4 amide bonds. The van der Waals surface area contributed by atoms with Crippen molar-refractivity contribution in [1.82, 2.24) is 10.2 Å². The van der Waals surface area contributed by atoms with Crippen molar-refractivity contribution in [3.8, 4) is 11.5 Å². The molecule has 1 atom stereocenters. The van der Waals surface area contributed by atoms with E-state index in [1.165, 1.54) is 16.9 Å². The third-order valence-electron chi connectivity index (χ3n) is 6.08. The number of nitrogens with one attached hydrogen (secondary N) is 2. The van der Waals surface area contributed by atoms with E-state index in [9.17, 15) is 14.4 Å². The average molecular weight is 608 g/mol. The molecule has 11 heteroatoms. The number of rotatable bonds is 9. The fourth-order valence-electron chi connectivity index (χ4n) is 4.28. The van der Waals surface area contributed by atoms with Crippen molar-refractivity contribution in [2.75, 3.05) is 50.7 Å². The van der Waals surface area contributed by atoms with Gasteiger partial charge in [0.25, 0.3) is 0 Å². The second-order valence-electron chi connectivity index (χ2n) is 8.53. The molecule has 192 valence electrons. The second kappa shape index (κ2) is 11.8.